The van der Waals surface area contributed by atoms with Crippen molar-refractivity contribution in [2.24, 2.45) is 0 Å². The van der Waals surface area contributed by atoms with Gasteiger partial charge in [-0.2, -0.15) is 0 Å². The first-order chi connectivity index (χ1) is 9.16. The Bertz CT molecular complexity index is 529. The molecule has 0 spiro atoms. The van der Waals surface area contributed by atoms with Crippen molar-refractivity contribution in [1.29, 1.82) is 0 Å². The lowest BCUT2D eigenvalue weighted by molar-refractivity contribution is 0.103. The fourth-order valence-electron chi connectivity index (χ4n) is 1.93. The molecule has 0 saturated carbocycles. The summed E-state index contributed by atoms with van der Waals surface area (Å²) in [5, 5.41) is 0. The van der Waals surface area contributed by atoms with Gasteiger partial charge >= 0.3 is 0 Å². The Hall–Kier alpha value is -1.93. The minimum absolute atomic E-state index is 0.0831. The van der Waals surface area contributed by atoms with Crippen LogP contribution in [0.15, 0.2) is 54.6 Å². The second-order valence-electron chi connectivity index (χ2n) is 4.95. The highest BCUT2D eigenvalue weighted by Crippen LogP contribution is 2.11. The first-order valence-electron chi connectivity index (χ1n) is 6.50. The Kier molecular flexibility index (Phi) is 4.48. The zero-order chi connectivity index (χ0) is 13.7. The summed E-state index contributed by atoms with van der Waals surface area (Å²) >= 11 is 0. The van der Waals surface area contributed by atoms with Crippen molar-refractivity contribution < 1.29 is 4.79 Å². The van der Waals surface area contributed by atoms with E-state index in [1.54, 1.807) is 0 Å². The highest BCUT2D eigenvalue weighted by molar-refractivity contribution is 6.08. The molecule has 0 bridgehead atoms. The predicted molar refractivity (Wildman–Crippen MR) is 78.6 cm³/mol. The highest BCUT2D eigenvalue weighted by Gasteiger charge is 2.07. The van der Waals surface area contributed by atoms with Crippen LogP contribution in [-0.2, 0) is 6.42 Å². The van der Waals surface area contributed by atoms with Gasteiger partial charge in [0.05, 0.1) is 0 Å². The molecule has 98 valence electrons. The van der Waals surface area contributed by atoms with Crippen molar-refractivity contribution in [2.75, 3.05) is 20.6 Å². The molecule has 0 unspecified atom stereocenters. The number of rotatable bonds is 5. The van der Waals surface area contributed by atoms with E-state index in [0.29, 0.717) is 0 Å². The average Bonchev–Trinajstić information content (AvgIpc) is 2.46. The molecule has 0 amide bonds. The van der Waals surface area contributed by atoms with Crippen LogP contribution in [0.3, 0.4) is 0 Å². The minimum atomic E-state index is 0.0831. The lowest BCUT2D eigenvalue weighted by Gasteiger charge is -2.09. The van der Waals surface area contributed by atoms with Gasteiger partial charge in [-0.05, 0) is 26.1 Å². The third-order valence-electron chi connectivity index (χ3n) is 3.10. The Labute approximate surface area is 114 Å². The predicted octanol–water partition coefficient (Wildman–Crippen LogP) is 3.02. The molecule has 0 aliphatic heterocycles. The standard InChI is InChI=1S/C17H19NO/c1-18(2)13-12-14-8-10-16(11-9-14)17(19)15-6-4-3-5-7-15/h3-11H,12-13H2,1-2H3. The lowest BCUT2D eigenvalue weighted by Crippen LogP contribution is -2.15. The molecule has 0 radical (unpaired) electrons. The Balaban J connectivity index is 2.08. The van der Waals surface area contributed by atoms with E-state index in [0.717, 1.165) is 24.1 Å². The van der Waals surface area contributed by atoms with Gasteiger partial charge in [0.25, 0.3) is 0 Å². The topological polar surface area (TPSA) is 20.3 Å². The number of benzene rings is 2. The molecule has 0 heterocycles. The first-order valence-corrected chi connectivity index (χ1v) is 6.50. The van der Waals surface area contributed by atoms with Crippen LogP contribution in [0.4, 0.5) is 0 Å². The van der Waals surface area contributed by atoms with Gasteiger partial charge in [0, 0.05) is 17.7 Å². The maximum Gasteiger partial charge on any atom is 0.193 e. The van der Waals surface area contributed by atoms with Crippen molar-refractivity contribution in [3.63, 3.8) is 0 Å². The number of carbonyl (C=O) groups is 1. The van der Waals surface area contributed by atoms with Crippen molar-refractivity contribution in [2.45, 2.75) is 6.42 Å². The van der Waals surface area contributed by atoms with Gasteiger partial charge in [-0.15, -0.1) is 0 Å². The summed E-state index contributed by atoms with van der Waals surface area (Å²) in [5.74, 6) is 0.0831. The molecular weight excluding hydrogens is 234 g/mol. The fourth-order valence-corrected chi connectivity index (χ4v) is 1.93. The van der Waals surface area contributed by atoms with Gasteiger partial charge in [-0.1, -0.05) is 54.6 Å². The Morgan fingerprint density at radius 1 is 0.895 bits per heavy atom. The Morgan fingerprint density at radius 3 is 2.05 bits per heavy atom. The van der Waals surface area contributed by atoms with E-state index >= 15 is 0 Å². The van der Waals surface area contributed by atoms with Gasteiger partial charge in [-0.25, -0.2) is 0 Å². The quantitative estimate of drug-likeness (QED) is 0.763. The van der Waals surface area contributed by atoms with Crippen molar-refractivity contribution >= 4 is 5.78 Å². The van der Waals surface area contributed by atoms with Crippen LogP contribution in [0.1, 0.15) is 21.5 Å². The summed E-state index contributed by atoms with van der Waals surface area (Å²) in [4.78, 5) is 14.4. The summed E-state index contributed by atoms with van der Waals surface area (Å²) < 4.78 is 0. The molecule has 2 rings (SSSR count). The molecule has 0 N–H and O–H groups in total. The molecule has 2 aromatic rings. The molecule has 2 heteroatoms. The molecule has 0 aliphatic carbocycles. The molecule has 2 aromatic carbocycles. The van der Waals surface area contributed by atoms with Gasteiger partial charge in [-0.3, -0.25) is 4.79 Å². The van der Waals surface area contributed by atoms with Crippen LogP contribution in [0.25, 0.3) is 0 Å². The van der Waals surface area contributed by atoms with Crippen LogP contribution in [-0.4, -0.2) is 31.3 Å². The summed E-state index contributed by atoms with van der Waals surface area (Å²) in [6.07, 6.45) is 1.01. The second-order valence-corrected chi connectivity index (χ2v) is 4.95. The highest BCUT2D eigenvalue weighted by atomic mass is 16.1. The summed E-state index contributed by atoms with van der Waals surface area (Å²) in [5.41, 5.74) is 2.75. The molecule has 0 fully saturated rings. The van der Waals surface area contributed by atoms with Crippen LogP contribution in [0.2, 0.25) is 0 Å². The van der Waals surface area contributed by atoms with E-state index in [-0.39, 0.29) is 5.78 Å². The van der Waals surface area contributed by atoms with E-state index in [1.165, 1.54) is 5.56 Å². The number of carbonyl (C=O) groups excluding carboxylic acids is 1. The van der Waals surface area contributed by atoms with Crippen LogP contribution in [0.5, 0.6) is 0 Å². The lowest BCUT2D eigenvalue weighted by atomic mass is 10.0. The molecule has 0 aromatic heterocycles. The number of nitrogens with zero attached hydrogens (tertiary/aromatic N) is 1. The molecule has 0 atom stereocenters. The van der Waals surface area contributed by atoms with Gasteiger partial charge in [0.15, 0.2) is 5.78 Å². The largest absolute Gasteiger partial charge is 0.309 e. The maximum atomic E-state index is 12.2. The van der Waals surface area contributed by atoms with E-state index < -0.39 is 0 Å². The van der Waals surface area contributed by atoms with E-state index in [1.807, 2.05) is 54.6 Å². The summed E-state index contributed by atoms with van der Waals surface area (Å²) in [6, 6.07) is 17.3. The summed E-state index contributed by atoms with van der Waals surface area (Å²) in [6.45, 7) is 1.02. The molecular formula is C17H19NO. The first kappa shape index (κ1) is 13.5. The van der Waals surface area contributed by atoms with Crippen molar-refractivity contribution in [3.8, 4) is 0 Å². The second kappa shape index (κ2) is 6.30. The van der Waals surface area contributed by atoms with Crippen molar-refractivity contribution in [1.82, 2.24) is 4.90 Å². The van der Waals surface area contributed by atoms with Crippen LogP contribution >= 0.6 is 0 Å². The zero-order valence-electron chi connectivity index (χ0n) is 11.5. The smallest absolute Gasteiger partial charge is 0.193 e. The van der Waals surface area contributed by atoms with Gasteiger partial charge < -0.3 is 4.90 Å². The zero-order valence-corrected chi connectivity index (χ0v) is 11.5. The molecule has 0 aliphatic rings. The summed E-state index contributed by atoms with van der Waals surface area (Å²) in [7, 11) is 4.13. The maximum absolute atomic E-state index is 12.2. The molecule has 0 saturated heterocycles. The van der Waals surface area contributed by atoms with E-state index in [9.17, 15) is 4.79 Å². The van der Waals surface area contributed by atoms with Gasteiger partial charge in [0.2, 0.25) is 0 Å². The number of ketones is 1. The monoisotopic (exact) mass is 253 g/mol. The number of likely N-dealkylation sites (N-methyl/N-ethyl adjacent to an activating group) is 1. The van der Waals surface area contributed by atoms with E-state index in [4.69, 9.17) is 0 Å². The number of hydrogen-bond donors (Lipinski definition) is 0. The normalized spacial score (nSPS) is 10.7. The third kappa shape index (κ3) is 3.76. The van der Waals surface area contributed by atoms with Crippen LogP contribution < -0.4 is 0 Å². The third-order valence-corrected chi connectivity index (χ3v) is 3.10. The fraction of sp³-hybridized carbons (Fsp3) is 0.235. The number of hydrogen-bond acceptors (Lipinski definition) is 2. The van der Waals surface area contributed by atoms with Crippen molar-refractivity contribution in [3.05, 3.63) is 71.3 Å². The molecule has 19 heavy (non-hydrogen) atoms. The Morgan fingerprint density at radius 2 is 1.47 bits per heavy atom. The van der Waals surface area contributed by atoms with E-state index in [2.05, 4.69) is 19.0 Å². The van der Waals surface area contributed by atoms with Gasteiger partial charge in [0.1, 0.15) is 0 Å². The molecule has 2 nitrogen and oxygen atoms in total. The SMILES string of the molecule is CN(C)CCc1ccc(C(=O)c2ccccc2)cc1. The average molecular weight is 253 g/mol. The van der Waals surface area contributed by atoms with Crippen LogP contribution in [0, 0.1) is 0 Å². The minimum Gasteiger partial charge on any atom is -0.309 e.